The zero-order valence-electron chi connectivity index (χ0n) is 25.0. The second-order valence-corrected chi connectivity index (χ2v) is 12.7. The van der Waals surface area contributed by atoms with Crippen molar-refractivity contribution in [2.24, 2.45) is 0 Å². The Labute approximate surface area is 250 Å². The number of carbonyl (C=O) groups is 1. The number of halogens is 4. The van der Waals surface area contributed by atoms with Crippen LogP contribution in [-0.2, 0) is 24.0 Å². The molecule has 6 nitrogen and oxygen atoms in total. The molecule has 232 valence electrons. The first-order valence-corrected chi connectivity index (χ1v) is 15.1. The fourth-order valence-electron chi connectivity index (χ4n) is 6.11. The summed E-state index contributed by atoms with van der Waals surface area (Å²) in [5.74, 6) is -0.493. The van der Waals surface area contributed by atoms with Gasteiger partial charge in [-0.1, -0.05) is 36.8 Å². The lowest BCUT2D eigenvalue weighted by molar-refractivity contribution is -0.139. The zero-order valence-corrected chi connectivity index (χ0v) is 25.0. The fourth-order valence-corrected chi connectivity index (χ4v) is 6.11. The number of aromatic nitrogens is 2. The van der Waals surface area contributed by atoms with E-state index in [4.69, 9.17) is 9.72 Å². The minimum atomic E-state index is -4.81. The maximum absolute atomic E-state index is 14.1. The molecule has 0 spiro atoms. The Morgan fingerprint density at radius 2 is 1.70 bits per heavy atom. The quantitative estimate of drug-likeness (QED) is 0.270. The first-order valence-electron chi connectivity index (χ1n) is 15.1. The number of hydrogen-bond acceptors (Lipinski definition) is 4. The van der Waals surface area contributed by atoms with Crippen LogP contribution in [0.1, 0.15) is 75.7 Å². The van der Waals surface area contributed by atoms with Crippen molar-refractivity contribution in [2.45, 2.75) is 89.7 Å². The first kappa shape index (κ1) is 31.0. The van der Waals surface area contributed by atoms with Crippen LogP contribution >= 0.6 is 0 Å². The van der Waals surface area contributed by atoms with Gasteiger partial charge in [-0.05, 0) is 76.8 Å². The van der Waals surface area contributed by atoms with E-state index in [-0.39, 0.29) is 23.6 Å². The Bertz CT molecular complexity index is 1390. The molecule has 1 amide bonds. The van der Waals surface area contributed by atoms with Crippen molar-refractivity contribution >= 4 is 6.09 Å². The highest BCUT2D eigenvalue weighted by Gasteiger charge is 2.35. The van der Waals surface area contributed by atoms with Gasteiger partial charge >= 0.3 is 12.3 Å². The molecule has 0 saturated carbocycles. The Balaban J connectivity index is 1.42. The number of hydrogen-bond donors (Lipinski definition) is 0. The van der Waals surface area contributed by atoms with Crippen LogP contribution in [0.2, 0.25) is 0 Å². The van der Waals surface area contributed by atoms with Gasteiger partial charge in [0.15, 0.2) is 0 Å². The highest BCUT2D eigenvalue weighted by Crippen LogP contribution is 2.36. The van der Waals surface area contributed by atoms with Crippen LogP contribution in [0.5, 0.6) is 0 Å². The summed E-state index contributed by atoms with van der Waals surface area (Å²) < 4.78 is 62.4. The standard InChI is InChI=1S/C33H40F4N4O2/c1-32(2,3)43-31(42)39-17-14-24(15-18-39)30-38-29(25-12-13-28(34)27(19-25)33(35,36)37)22-41(30)21-26-11-7-8-16-40(26)20-23-9-5-4-6-10-23/h4-6,9-10,12-13,19,22,24,26H,7-8,11,14-18,20-21H2,1-3H3. The summed E-state index contributed by atoms with van der Waals surface area (Å²) in [5, 5.41) is 0. The van der Waals surface area contributed by atoms with Crippen LogP contribution in [-0.4, -0.2) is 56.7 Å². The third-order valence-corrected chi connectivity index (χ3v) is 8.27. The second kappa shape index (κ2) is 12.7. The number of imidazole rings is 1. The topological polar surface area (TPSA) is 50.6 Å². The van der Waals surface area contributed by atoms with Gasteiger partial charge in [0.05, 0.1) is 11.3 Å². The number of amides is 1. The van der Waals surface area contributed by atoms with E-state index in [1.165, 1.54) is 11.6 Å². The van der Waals surface area contributed by atoms with Crippen molar-refractivity contribution in [2.75, 3.05) is 19.6 Å². The number of piperidine rings is 2. The monoisotopic (exact) mass is 600 g/mol. The van der Waals surface area contributed by atoms with Crippen molar-refractivity contribution in [3.63, 3.8) is 0 Å². The van der Waals surface area contributed by atoms with Crippen LogP contribution in [0.3, 0.4) is 0 Å². The van der Waals surface area contributed by atoms with E-state index < -0.39 is 23.2 Å². The molecular weight excluding hydrogens is 560 g/mol. The van der Waals surface area contributed by atoms with Gasteiger partial charge in [0.25, 0.3) is 0 Å². The Kier molecular flexibility index (Phi) is 9.15. The molecule has 0 aliphatic carbocycles. The van der Waals surface area contributed by atoms with Gasteiger partial charge < -0.3 is 14.2 Å². The lowest BCUT2D eigenvalue weighted by atomic mass is 9.95. The average molecular weight is 601 g/mol. The number of alkyl halides is 3. The van der Waals surface area contributed by atoms with E-state index >= 15 is 0 Å². The Morgan fingerprint density at radius 3 is 2.37 bits per heavy atom. The van der Waals surface area contributed by atoms with Gasteiger partial charge in [-0.25, -0.2) is 14.2 Å². The van der Waals surface area contributed by atoms with Crippen LogP contribution in [0.15, 0.2) is 54.7 Å². The van der Waals surface area contributed by atoms with Gasteiger partial charge in [-0.3, -0.25) is 4.90 Å². The van der Waals surface area contributed by atoms with Gasteiger partial charge in [0, 0.05) is 49.9 Å². The van der Waals surface area contributed by atoms with E-state index in [0.717, 1.165) is 50.3 Å². The largest absolute Gasteiger partial charge is 0.444 e. The Hall–Kier alpha value is -3.40. The molecule has 43 heavy (non-hydrogen) atoms. The number of nitrogens with zero attached hydrogens (tertiary/aromatic N) is 4. The normalized spacial score (nSPS) is 19.0. The molecule has 2 aliphatic heterocycles. The van der Waals surface area contributed by atoms with E-state index in [0.29, 0.717) is 38.2 Å². The molecule has 5 rings (SSSR count). The number of ether oxygens (including phenoxy) is 1. The summed E-state index contributed by atoms with van der Waals surface area (Å²) in [5.41, 5.74) is -0.0329. The van der Waals surface area contributed by atoms with Gasteiger partial charge in [-0.2, -0.15) is 13.2 Å². The lowest BCUT2D eigenvalue weighted by Gasteiger charge is -2.37. The summed E-state index contributed by atoms with van der Waals surface area (Å²) in [6.07, 6.45) is 1.21. The molecule has 2 fully saturated rings. The maximum atomic E-state index is 14.1. The number of rotatable bonds is 6. The van der Waals surface area contributed by atoms with Crippen molar-refractivity contribution in [1.82, 2.24) is 19.4 Å². The second-order valence-electron chi connectivity index (χ2n) is 12.7. The zero-order chi connectivity index (χ0) is 30.8. The lowest BCUT2D eigenvalue weighted by Crippen LogP contribution is -2.43. The molecule has 0 N–H and O–H groups in total. The molecule has 1 unspecified atom stereocenters. The number of carbonyl (C=O) groups excluding carboxylic acids is 1. The Morgan fingerprint density at radius 1 is 0.977 bits per heavy atom. The van der Waals surface area contributed by atoms with Crippen LogP contribution in [0.4, 0.5) is 22.4 Å². The molecule has 3 aromatic rings. The summed E-state index contributed by atoms with van der Waals surface area (Å²) in [4.78, 5) is 21.7. The highest BCUT2D eigenvalue weighted by atomic mass is 19.4. The molecule has 0 bridgehead atoms. The average Bonchev–Trinajstić information content (AvgIpc) is 3.37. The van der Waals surface area contributed by atoms with Crippen molar-refractivity contribution in [1.29, 1.82) is 0 Å². The number of likely N-dealkylation sites (tertiary alicyclic amines) is 2. The number of benzene rings is 2. The SMILES string of the molecule is CC(C)(C)OC(=O)N1CCC(c2nc(-c3ccc(F)c(C(F)(F)F)c3)cn2CC2CCCCN2Cc2ccccc2)CC1. The van der Waals surface area contributed by atoms with E-state index in [2.05, 4.69) is 21.6 Å². The third kappa shape index (κ3) is 7.77. The maximum Gasteiger partial charge on any atom is 0.419 e. The molecule has 3 heterocycles. The predicted molar refractivity (Wildman–Crippen MR) is 157 cm³/mol. The van der Waals surface area contributed by atoms with E-state index in [9.17, 15) is 22.4 Å². The van der Waals surface area contributed by atoms with Gasteiger partial charge in [0.1, 0.15) is 17.2 Å². The molecule has 1 atom stereocenters. The summed E-state index contributed by atoms with van der Waals surface area (Å²) >= 11 is 0. The molecular formula is C33H40F4N4O2. The van der Waals surface area contributed by atoms with E-state index in [1.807, 2.05) is 45.2 Å². The fraction of sp³-hybridized carbons (Fsp3) is 0.515. The van der Waals surface area contributed by atoms with Crippen LogP contribution < -0.4 is 0 Å². The smallest absolute Gasteiger partial charge is 0.419 e. The van der Waals surface area contributed by atoms with Crippen molar-refractivity contribution in [3.8, 4) is 11.3 Å². The molecule has 10 heteroatoms. The minimum Gasteiger partial charge on any atom is -0.444 e. The summed E-state index contributed by atoms with van der Waals surface area (Å²) in [6, 6.07) is 13.6. The molecule has 1 aromatic heterocycles. The molecule has 2 saturated heterocycles. The van der Waals surface area contributed by atoms with Crippen molar-refractivity contribution < 1.29 is 27.1 Å². The van der Waals surface area contributed by atoms with Crippen LogP contribution in [0.25, 0.3) is 11.3 Å². The van der Waals surface area contributed by atoms with E-state index in [1.54, 1.807) is 4.90 Å². The predicted octanol–water partition coefficient (Wildman–Crippen LogP) is 7.88. The third-order valence-electron chi connectivity index (χ3n) is 8.27. The first-order chi connectivity index (χ1) is 20.4. The van der Waals surface area contributed by atoms with Crippen LogP contribution in [0, 0.1) is 5.82 Å². The molecule has 2 aliphatic rings. The molecule has 2 aromatic carbocycles. The summed E-state index contributed by atoms with van der Waals surface area (Å²) in [6.45, 7) is 8.95. The van der Waals surface area contributed by atoms with Crippen molar-refractivity contribution in [3.05, 3.63) is 77.5 Å². The minimum absolute atomic E-state index is 0.0149. The highest BCUT2D eigenvalue weighted by molar-refractivity contribution is 5.68. The van der Waals surface area contributed by atoms with Gasteiger partial charge in [-0.15, -0.1) is 0 Å². The molecule has 0 radical (unpaired) electrons. The van der Waals surface area contributed by atoms with Gasteiger partial charge in [0.2, 0.25) is 0 Å². The summed E-state index contributed by atoms with van der Waals surface area (Å²) in [7, 11) is 0.